The van der Waals surface area contributed by atoms with Crippen molar-refractivity contribution in [2.75, 3.05) is 7.05 Å². The molecule has 1 aromatic heterocycles. The van der Waals surface area contributed by atoms with Crippen molar-refractivity contribution in [1.82, 2.24) is 10.1 Å². The number of non-ortho nitro benzene ring substituents is 1. The number of rotatable bonds is 5. The Kier molecular flexibility index (Phi) is 3.85. The van der Waals surface area contributed by atoms with E-state index in [-0.39, 0.29) is 23.3 Å². The molecule has 120 valence electrons. The van der Waals surface area contributed by atoms with Gasteiger partial charge in [0.1, 0.15) is 5.76 Å². The quantitative estimate of drug-likeness (QED) is 0.624. The Morgan fingerprint density at radius 3 is 2.83 bits per heavy atom. The van der Waals surface area contributed by atoms with Crippen molar-refractivity contribution >= 4 is 11.6 Å². The van der Waals surface area contributed by atoms with Crippen LogP contribution in [-0.4, -0.2) is 27.9 Å². The highest BCUT2D eigenvalue weighted by atomic mass is 16.6. The van der Waals surface area contributed by atoms with Crippen LogP contribution in [0.2, 0.25) is 0 Å². The lowest BCUT2D eigenvalue weighted by Gasteiger charge is -2.24. The van der Waals surface area contributed by atoms with Gasteiger partial charge in [-0.1, -0.05) is 17.3 Å². The van der Waals surface area contributed by atoms with E-state index < -0.39 is 4.92 Å². The van der Waals surface area contributed by atoms with Crippen molar-refractivity contribution < 1.29 is 14.2 Å². The van der Waals surface area contributed by atoms with E-state index in [0.29, 0.717) is 11.5 Å². The molecule has 2 aromatic rings. The molecule has 0 bridgehead atoms. The summed E-state index contributed by atoms with van der Waals surface area (Å²) in [5.41, 5.74) is 0.972. The molecule has 0 aliphatic heterocycles. The molecule has 3 rings (SSSR count). The van der Waals surface area contributed by atoms with Crippen molar-refractivity contribution in [3.8, 4) is 0 Å². The van der Waals surface area contributed by atoms with Crippen LogP contribution in [0, 0.1) is 10.1 Å². The fourth-order valence-corrected chi connectivity index (χ4v) is 2.43. The van der Waals surface area contributed by atoms with Gasteiger partial charge in [0.25, 0.3) is 11.6 Å². The van der Waals surface area contributed by atoms with Crippen LogP contribution in [0.25, 0.3) is 0 Å². The number of hydrogen-bond donors (Lipinski definition) is 0. The molecular formula is C16H17N3O4. The predicted molar refractivity (Wildman–Crippen MR) is 82.1 cm³/mol. The maximum Gasteiger partial charge on any atom is 0.276 e. The Morgan fingerprint density at radius 1 is 1.43 bits per heavy atom. The second-order valence-electron chi connectivity index (χ2n) is 5.83. The summed E-state index contributed by atoms with van der Waals surface area (Å²) < 4.78 is 5.21. The highest BCUT2D eigenvalue weighted by Gasteiger charge is 2.30. The number of nitro groups is 1. The standard InChI is InChI=1S/C16H17N3O4/c1-10(12-4-3-5-13(8-12)19(21)22)18(2)16(20)14-9-15(23-17-14)11-6-7-11/h3-5,8-11H,6-7H2,1-2H3/t10-/m0/s1. The Labute approximate surface area is 133 Å². The maximum absolute atomic E-state index is 12.5. The third-order valence-corrected chi connectivity index (χ3v) is 4.19. The van der Waals surface area contributed by atoms with Gasteiger partial charge in [-0.3, -0.25) is 14.9 Å². The number of hydrogen-bond acceptors (Lipinski definition) is 5. The smallest absolute Gasteiger partial charge is 0.276 e. The molecule has 1 atom stereocenters. The van der Waals surface area contributed by atoms with Crippen molar-refractivity contribution in [3.63, 3.8) is 0 Å². The topological polar surface area (TPSA) is 89.5 Å². The van der Waals surface area contributed by atoms with Gasteiger partial charge in [-0.2, -0.15) is 0 Å². The van der Waals surface area contributed by atoms with Crippen molar-refractivity contribution in [2.45, 2.75) is 31.7 Å². The molecule has 0 radical (unpaired) electrons. The molecule has 1 saturated carbocycles. The fourth-order valence-electron chi connectivity index (χ4n) is 2.43. The van der Waals surface area contributed by atoms with E-state index in [1.807, 2.05) is 6.92 Å². The van der Waals surface area contributed by atoms with E-state index in [1.54, 1.807) is 25.2 Å². The van der Waals surface area contributed by atoms with Gasteiger partial charge >= 0.3 is 0 Å². The van der Waals surface area contributed by atoms with Crippen LogP contribution in [0.4, 0.5) is 5.69 Å². The second kappa shape index (κ2) is 5.83. The molecule has 23 heavy (non-hydrogen) atoms. The largest absolute Gasteiger partial charge is 0.360 e. The Hall–Kier alpha value is -2.70. The van der Waals surface area contributed by atoms with Crippen LogP contribution in [0.1, 0.15) is 53.5 Å². The lowest BCUT2D eigenvalue weighted by molar-refractivity contribution is -0.384. The lowest BCUT2D eigenvalue weighted by Crippen LogP contribution is -2.29. The van der Waals surface area contributed by atoms with Gasteiger partial charge in [0.05, 0.1) is 11.0 Å². The first-order valence-corrected chi connectivity index (χ1v) is 7.45. The fraction of sp³-hybridized carbons (Fsp3) is 0.375. The number of carbonyl (C=O) groups excluding carboxylic acids is 1. The molecule has 1 fully saturated rings. The average Bonchev–Trinajstić information content (AvgIpc) is 3.30. The first-order chi connectivity index (χ1) is 11.0. The summed E-state index contributed by atoms with van der Waals surface area (Å²) in [6.07, 6.45) is 2.14. The molecule has 1 aliphatic rings. The lowest BCUT2D eigenvalue weighted by atomic mass is 10.1. The SMILES string of the molecule is C[C@@H](c1cccc([N+](=O)[O-])c1)N(C)C(=O)c1cc(C2CC2)on1. The van der Waals surface area contributed by atoms with Gasteiger partial charge in [-0.05, 0) is 25.3 Å². The summed E-state index contributed by atoms with van der Waals surface area (Å²) in [7, 11) is 1.65. The number of nitro benzene ring substituents is 1. The molecule has 1 amide bonds. The van der Waals surface area contributed by atoms with Gasteiger partial charge in [0, 0.05) is 31.2 Å². The van der Waals surface area contributed by atoms with Gasteiger partial charge in [0.2, 0.25) is 0 Å². The average molecular weight is 315 g/mol. The first-order valence-electron chi connectivity index (χ1n) is 7.45. The minimum Gasteiger partial charge on any atom is -0.360 e. The van der Waals surface area contributed by atoms with Crippen LogP contribution in [0.3, 0.4) is 0 Å². The molecule has 0 unspecified atom stereocenters. The predicted octanol–water partition coefficient (Wildman–Crippen LogP) is 3.29. The molecule has 0 spiro atoms. The van der Waals surface area contributed by atoms with E-state index in [0.717, 1.165) is 18.6 Å². The number of benzene rings is 1. The van der Waals surface area contributed by atoms with E-state index in [2.05, 4.69) is 5.16 Å². The minimum absolute atomic E-state index is 0.00709. The summed E-state index contributed by atoms with van der Waals surface area (Å²) >= 11 is 0. The van der Waals surface area contributed by atoms with Gasteiger partial charge in [0.15, 0.2) is 5.69 Å². The van der Waals surface area contributed by atoms with Crippen LogP contribution in [-0.2, 0) is 0 Å². The first kappa shape index (κ1) is 15.2. The van der Waals surface area contributed by atoms with E-state index in [4.69, 9.17) is 4.52 Å². The number of aromatic nitrogens is 1. The summed E-state index contributed by atoms with van der Waals surface area (Å²) in [5, 5.41) is 14.7. The Morgan fingerprint density at radius 2 is 2.17 bits per heavy atom. The molecule has 1 aromatic carbocycles. The summed E-state index contributed by atoms with van der Waals surface area (Å²) in [5.74, 6) is 0.882. The van der Waals surface area contributed by atoms with Crippen LogP contribution in [0.15, 0.2) is 34.9 Å². The Bertz CT molecular complexity index is 751. The van der Waals surface area contributed by atoms with E-state index in [1.165, 1.54) is 17.0 Å². The molecule has 1 aliphatic carbocycles. The molecular weight excluding hydrogens is 298 g/mol. The normalized spacial score (nSPS) is 15.2. The Balaban J connectivity index is 1.77. The van der Waals surface area contributed by atoms with Crippen LogP contribution < -0.4 is 0 Å². The highest BCUT2D eigenvalue weighted by Crippen LogP contribution is 2.40. The minimum atomic E-state index is -0.447. The van der Waals surface area contributed by atoms with Crippen LogP contribution in [0.5, 0.6) is 0 Å². The summed E-state index contributed by atoms with van der Waals surface area (Å²) in [4.78, 5) is 24.4. The summed E-state index contributed by atoms with van der Waals surface area (Å²) in [6.45, 7) is 1.82. The molecule has 0 N–H and O–H groups in total. The zero-order chi connectivity index (χ0) is 16.6. The van der Waals surface area contributed by atoms with E-state index in [9.17, 15) is 14.9 Å². The van der Waals surface area contributed by atoms with Crippen molar-refractivity contribution in [3.05, 3.63) is 57.5 Å². The third kappa shape index (κ3) is 3.08. The zero-order valence-electron chi connectivity index (χ0n) is 12.9. The maximum atomic E-state index is 12.5. The second-order valence-corrected chi connectivity index (χ2v) is 5.83. The highest BCUT2D eigenvalue weighted by molar-refractivity contribution is 5.92. The molecule has 7 nitrogen and oxygen atoms in total. The number of nitrogens with zero attached hydrogens (tertiary/aromatic N) is 3. The van der Waals surface area contributed by atoms with Crippen molar-refractivity contribution in [2.24, 2.45) is 0 Å². The molecule has 1 heterocycles. The zero-order valence-corrected chi connectivity index (χ0v) is 12.9. The van der Waals surface area contributed by atoms with Crippen LogP contribution >= 0.6 is 0 Å². The molecule has 7 heteroatoms. The molecule has 0 saturated heterocycles. The monoisotopic (exact) mass is 315 g/mol. The van der Waals surface area contributed by atoms with Gasteiger partial charge in [-0.15, -0.1) is 0 Å². The number of carbonyl (C=O) groups is 1. The van der Waals surface area contributed by atoms with E-state index >= 15 is 0 Å². The summed E-state index contributed by atoms with van der Waals surface area (Å²) in [6, 6.07) is 7.66. The van der Waals surface area contributed by atoms with Gasteiger partial charge in [-0.25, -0.2) is 0 Å². The van der Waals surface area contributed by atoms with Crippen molar-refractivity contribution in [1.29, 1.82) is 0 Å². The number of amides is 1. The van der Waals surface area contributed by atoms with Gasteiger partial charge < -0.3 is 9.42 Å². The third-order valence-electron chi connectivity index (χ3n) is 4.19.